The average Bonchev–Trinajstić information content (AvgIpc) is 3.35. The summed E-state index contributed by atoms with van der Waals surface area (Å²) in [4.78, 5) is 19.1. The number of ether oxygens (including phenoxy) is 1. The van der Waals surface area contributed by atoms with Crippen LogP contribution in [-0.2, 0) is 0 Å². The summed E-state index contributed by atoms with van der Waals surface area (Å²) in [7, 11) is 3.84. The Morgan fingerprint density at radius 1 is 1.06 bits per heavy atom. The Morgan fingerprint density at radius 2 is 1.78 bits per heavy atom. The summed E-state index contributed by atoms with van der Waals surface area (Å²) >= 11 is 0. The SMILES string of the molecule is CCCN(C)C(=O)c1cc(-c2ccnn2-c2ccc(OCCN3CCN(C)CC3)cc2)c(O)cc1O. The fourth-order valence-corrected chi connectivity index (χ4v) is 4.36. The number of rotatable bonds is 9. The van der Waals surface area contributed by atoms with Gasteiger partial charge in [0.1, 0.15) is 23.9 Å². The highest BCUT2D eigenvalue weighted by atomic mass is 16.5. The number of hydrogen-bond acceptors (Lipinski definition) is 7. The Bertz CT molecular complexity index is 1170. The average molecular weight is 494 g/mol. The normalized spacial score (nSPS) is 14.6. The van der Waals surface area contributed by atoms with Gasteiger partial charge < -0.3 is 24.7 Å². The van der Waals surface area contributed by atoms with Crippen LogP contribution in [-0.4, -0.2) is 101 Å². The molecule has 9 nitrogen and oxygen atoms in total. The Morgan fingerprint density at radius 3 is 2.47 bits per heavy atom. The predicted molar refractivity (Wildman–Crippen MR) is 139 cm³/mol. The van der Waals surface area contributed by atoms with Gasteiger partial charge in [0.05, 0.1) is 23.1 Å². The van der Waals surface area contributed by atoms with E-state index in [9.17, 15) is 15.0 Å². The molecule has 0 bridgehead atoms. The highest BCUT2D eigenvalue weighted by molar-refractivity contribution is 5.98. The van der Waals surface area contributed by atoms with Crippen molar-refractivity contribution in [2.24, 2.45) is 0 Å². The third-order valence-electron chi connectivity index (χ3n) is 6.52. The Labute approximate surface area is 212 Å². The van der Waals surface area contributed by atoms with Crippen molar-refractivity contribution in [3.05, 3.63) is 54.2 Å². The van der Waals surface area contributed by atoms with Gasteiger partial charge in [0.25, 0.3) is 5.91 Å². The number of hydrogen-bond donors (Lipinski definition) is 2. The number of aromatic nitrogens is 2. The largest absolute Gasteiger partial charge is 0.507 e. The van der Waals surface area contributed by atoms with Gasteiger partial charge in [-0.2, -0.15) is 5.10 Å². The van der Waals surface area contributed by atoms with Crippen molar-refractivity contribution in [2.75, 3.05) is 60.0 Å². The fourth-order valence-electron chi connectivity index (χ4n) is 4.36. The van der Waals surface area contributed by atoms with Crippen LogP contribution in [0.3, 0.4) is 0 Å². The molecule has 1 aromatic heterocycles. The van der Waals surface area contributed by atoms with E-state index in [-0.39, 0.29) is 23.0 Å². The fraction of sp³-hybridized carbons (Fsp3) is 0.407. The molecule has 9 heteroatoms. The van der Waals surface area contributed by atoms with Gasteiger partial charge in [-0.15, -0.1) is 0 Å². The first-order valence-electron chi connectivity index (χ1n) is 12.4. The number of nitrogens with zero attached hydrogens (tertiary/aromatic N) is 5. The van der Waals surface area contributed by atoms with Crippen molar-refractivity contribution in [2.45, 2.75) is 13.3 Å². The van der Waals surface area contributed by atoms with Gasteiger partial charge in [0.2, 0.25) is 0 Å². The molecule has 3 aromatic rings. The first-order valence-corrected chi connectivity index (χ1v) is 12.4. The molecular formula is C27H35N5O4. The van der Waals surface area contributed by atoms with Crippen molar-refractivity contribution in [1.29, 1.82) is 0 Å². The van der Waals surface area contributed by atoms with Gasteiger partial charge >= 0.3 is 0 Å². The second-order valence-corrected chi connectivity index (χ2v) is 9.23. The molecule has 0 spiro atoms. The molecule has 1 aliphatic rings. The number of carbonyl (C=O) groups excluding carboxylic acids is 1. The van der Waals surface area contributed by atoms with E-state index in [1.807, 2.05) is 31.2 Å². The van der Waals surface area contributed by atoms with Crippen molar-refractivity contribution < 1.29 is 19.7 Å². The zero-order valence-corrected chi connectivity index (χ0v) is 21.2. The summed E-state index contributed by atoms with van der Waals surface area (Å²) in [5.41, 5.74) is 1.93. The highest BCUT2D eigenvalue weighted by Gasteiger charge is 2.21. The van der Waals surface area contributed by atoms with E-state index in [1.54, 1.807) is 28.9 Å². The summed E-state index contributed by atoms with van der Waals surface area (Å²) in [5.74, 6) is 0.0850. The van der Waals surface area contributed by atoms with Crippen molar-refractivity contribution in [1.82, 2.24) is 24.5 Å². The van der Waals surface area contributed by atoms with Crippen molar-refractivity contribution in [3.63, 3.8) is 0 Å². The minimum Gasteiger partial charge on any atom is -0.507 e. The molecule has 2 heterocycles. The van der Waals surface area contributed by atoms with Crippen LogP contribution in [0, 0.1) is 0 Å². The molecule has 2 aromatic carbocycles. The Hall–Kier alpha value is -3.56. The first kappa shape index (κ1) is 25.5. The number of amides is 1. The number of piperazine rings is 1. The molecule has 0 saturated carbocycles. The third-order valence-corrected chi connectivity index (χ3v) is 6.52. The van der Waals surface area contributed by atoms with Crippen LogP contribution < -0.4 is 4.74 Å². The number of aromatic hydroxyl groups is 2. The number of likely N-dealkylation sites (N-methyl/N-ethyl adjacent to an activating group) is 1. The second-order valence-electron chi connectivity index (χ2n) is 9.23. The molecule has 36 heavy (non-hydrogen) atoms. The minimum atomic E-state index is -0.306. The molecule has 0 aliphatic carbocycles. The summed E-state index contributed by atoms with van der Waals surface area (Å²) in [6.07, 6.45) is 2.43. The van der Waals surface area contributed by atoms with E-state index in [4.69, 9.17) is 4.74 Å². The molecule has 1 aliphatic heterocycles. The lowest BCUT2D eigenvalue weighted by Crippen LogP contribution is -2.45. The molecule has 0 radical (unpaired) electrons. The van der Waals surface area contributed by atoms with Gasteiger partial charge in [-0.3, -0.25) is 9.69 Å². The topological polar surface area (TPSA) is 94.3 Å². The van der Waals surface area contributed by atoms with Gasteiger partial charge in [-0.05, 0) is 49.9 Å². The zero-order valence-electron chi connectivity index (χ0n) is 21.2. The second kappa shape index (κ2) is 11.5. The van der Waals surface area contributed by atoms with E-state index in [2.05, 4.69) is 21.9 Å². The molecule has 1 amide bonds. The number of carbonyl (C=O) groups is 1. The van der Waals surface area contributed by atoms with Crippen molar-refractivity contribution in [3.8, 4) is 34.2 Å². The maximum absolute atomic E-state index is 12.8. The summed E-state index contributed by atoms with van der Waals surface area (Å²) in [6, 6.07) is 12.1. The Kier molecular flexibility index (Phi) is 8.12. The predicted octanol–water partition coefficient (Wildman–Crippen LogP) is 3.06. The maximum atomic E-state index is 12.8. The summed E-state index contributed by atoms with van der Waals surface area (Å²) in [6.45, 7) is 8.37. The highest BCUT2D eigenvalue weighted by Crippen LogP contribution is 2.36. The maximum Gasteiger partial charge on any atom is 0.257 e. The van der Waals surface area contributed by atoms with E-state index in [1.165, 1.54) is 12.1 Å². The van der Waals surface area contributed by atoms with E-state index >= 15 is 0 Å². The lowest BCUT2D eigenvalue weighted by atomic mass is 10.0. The molecule has 2 N–H and O–H groups in total. The number of benzene rings is 2. The lowest BCUT2D eigenvalue weighted by Gasteiger charge is -2.32. The summed E-state index contributed by atoms with van der Waals surface area (Å²) < 4.78 is 7.63. The van der Waals surface area contributed by atoms with Crippen LogP contribution in [0.5, 0.6) is 17.2 Å². The summed E-state index contributed by atoms with van der Waals surface area (Å²) in [5, 5.41) is 25.3. The van der Waals surface area contributed by atoms with Gasteiger partial charge in [-0.25, -0.2) is 4.68 Å². The smallest absolute Gasteiger partial charge is 0.257 e. The third kappa shape index (κ3) is 5.80. The van der Waals surface area contributed by atoms with Crippen LogP contribution in [0.4, 0.5) is 0 Å². The van der Waals surface area contributed by atoms with E-state index < -0.39 is 0 Å². The molecule has 4 rings (SSSR count). The molecule has 0 atom stereocenters. The number of phenols is 2. The zero-order chi connectivity index (χ0) is 25.7. The van der Waals surface area contributed by atoms with Crippen molar-refractivity contribution >= 4 is 5.91 Å². The van der Waals surface area contributed by atoms with Gasteiger partial charge in [-0.1, -0.05) is 6.92 Å². The number of phenolic OH excluding ortho intramolecular Hbond substituents is 2. The standard InChI is InChI=1S/C27H35N5O4/c1-4-11-30(3)27(35)23-18-22(25(33)19-26(23)34)24-9-10-28-32(24)20-5-7-21(8-6-20)36-17-16-31-14-12-29(2)13-15-31/h5-10,18-19,33-34H,4,11-17H2,1-3H3. The monoisotopic (exact) mass is 493 g/mol. The van der Waals surface area contributed by atoms with Crippen LogP contribution >= 0.6 is 0 Å². The van der Waals surface area contributed by atoms with E-state index in [0.717, 1.165) is 50.6 Å². The molecule has 0 unspecified atom stereocenters. The molecule has 1 fully saturated rings. The minimum absolute atomic E-state index is 0.132. The molecule has 192 valence electrons. The lowest BCUT2D eigenvalue weighted by molar-refractivity contribution is 0.0792. The van der Waals surface area contributed by atoms with Crippen LogP contribution in [0.2, 0.25) is 0 Å². The van der Waals surface area contributed by atoms with E-state index in [0.29, 0.717) is 24.4 Å². The Balaban J connectivity index is 1.49. The van der Waals surface area contributed by atoms with Gasteiger partial charge in [0.15, 0.2) is 0 Å². The molecular weight excluding hydrogens is 458 g/mol. The quantitative estimate of drug-likeness (QED) is 0.473. The first-order chi connectivity index (χ1) is 17.4. The van der Waals surface area contributed by atoms with Gasteiger partial charge in [0, 0.05) is 57.9 Å². The van der Waals surface area contributed by atoms with Crippen LogP contribution in [0.1, 0.15) is 23.7 Å². The van der Waals surface area contributed by atoms with Crippen LogP contribution in [0.25, 0.3) is 16.9 Å². The van der Waals surface area contributed by atoms with Crippen LogP contribution in [0.15, 0.2) is 48.7 Å². The molecule has 1 saturated heterocycles.